The van der Waals surface area contributed by atoms with E-state index in [4.69, 9.17) is 49.0 Å². The molecule has 0 saturated carbocycles. The molecule has 38 heavy (non-hydrogen) atoms. The fourth-order valence-electron chi connectivity index (χ4n) is 3.34. The first kappa shape index (κ1) is 27.9. The molecular weight excluding hydrogens is 583 g/mol. The number of rotatable bonds is 8. The quantitative estimate of drug-likeness (QED) is 0.200. The van der Waals surface area contributed by atoms with Crippen LogP contribution in [-0.2, 0) is 0 Å². The number of ether oxygens (including phenoxy) is 3. The van der Waals surface area contributed by atoms with Crippen molar-refractivity contribution >= 4 is 58.3 Å². The summed E-state index contributed by atoms with van der Waals surface area (Å²) in [5.74, 6) is 1.78. The number of nitriles is 2. The second-order valence-electron chi connectivity index (χ2n) is 7.48. The summed E-state index contributed by atoms with van der Waals surface area (Å²) in [4.78, 5) is 2.74. The molecule has 0 aliphatic carbocycles. The first-order valence-corrected chi connectivity index (χ1v) is 13.6. The van der Waals surface area contributed by atoms with Gasteiger partial charge in [0.15, 0.2) is 5.75 Å². The SMILES string of the molecule is COc1ccc(Sc2c(Cl)c(C#N)c(C#N)c(Oc3cccc(Cl)c3Cl)c2Sc2ccc(OC)cc2)cc1. The van der Waals surface area contributed by atoms with Crippen LogP contribution in [0.3, 0.4) is 0 Å². The normalized spacial score (nSPS) is 10.4. The van der Waals surface area contributed by atoms with E-state index in [1.165, 1.54) is 23.5 Å². The topological polar surface area (TPSA) is 75.3 Å². The van der Waals surface area contributed by atoms with Crippen LogP contribution in [0.1, 0.15) is 11.1 Å². The highest BCUT2D eigenvalue weighted by atomic mass is 35.5. The molecule has 190 valence electrons. The van der Waals surface area contributed by atoms with Gasteiger partial charge in [-0.2, -0.15) is 10.5 Å². The molecule has 0 unspecified atom stereocenters. The van der Waals surface area contributed by atoms with E-state index < -0.39 is 0 Å². The van der Waals surface area contributed by atoms with Crippen molar-refractivity contribution in [2.45, 2.75) is 19.6 Å². The number of halogens is 3. The third-order valence-electron chi connectivity index (χ3n) is 5.22. The molecule has 0 atom stereocenters. The molecule has 0 spiro atoms. The monoisotopic (exact) mass is 598 g/mol. The maximum atomic E-state index is 10.1. The zero-order chi connectivity index (χ0) is 27.2. The van der Waals surface area contributed by atoms with Crippen LogP contribution in [-0.4, -0.2) is 14.2 Å². The van der Waals surface area contributed by atoms with Crippen molar-refractivity contribution in [3.05, 3.63) is 92.9 Å². The number of nitrogens with zero attached hydrogens (tertiary/aromatic N) is 2. The van der Waals surface area contributed by atoms with Crippen molar-refractivity contribution in [2.24, 2.45) is 0 Å². The maximum Gasteiger partial charge on any atom is 0.161 e. The van der Waals surface area contributed by atoms with Crippen molar-refractivity contribution in [1.29, 1.82) is 10.5 Å². The minimum atomic E-state index is -0.0105. The number of hydrogen-bond donors (Lipinski definition) is 0. The molecule has 0 amide bonds. The van der Waals surface area contributed by atoms with Crippen LogP contribution in [0.2, 0.25) is 15.1 Å². The molecule has 0 aliphatic heterocycles. The van der Waals surface area contributed by atoms with E-state index in [1.807, 2.05) is 48.5 Å². The Balaban J connectivity index is 1.96. The van der Waals surface area contributed by atoms with Crippen LogP contribution in [0.4, 0.5) is 0 Å². The van der Waals surface area contributed by atoms with Crippen molar-refractivity contribution in [3.8, 4) is 35.1 Å². The van der Waals surface area contributed by atoms with Crippen LogP contribution >= 0.6 is 58.3 Å². The van der Waals surface area contributed by atoms with Crippen LogP contribution in [0.5, 0.6) is 23.0 Å². The van der Waals surface area contributed by atoms with Gasteiger partial charge in [-0.05, 0) is 60.7 Å². The molecule has 0 aromatic heterocycles. The summed E-state index contributed by atoms with van der Waals surface area (Å²) in [7, 11) is 3.18. The van der Waals surface area contributed by atoms with Gasteiger partial charge in [0.1, 0.15) is 40.0 Å². The van der Waals surface area contributed by atoms with Crippen LogP contribution in [0.15, 0.2) is 86.3 Å². The molecule has 4 aromatic rings. The summed E-state index contributed by atoms with van der Waals surface area (Å²) in [6, 6.07) is 23.9. The average molecular weight is 600 g/mol. The lowest BCUT2D eigenvalue weighted by molar-refractivity contribution is 0.414. The maximum absolute atomic E-state index is 10.1. The molecule has 0 aliphatic rings. The molecule has 0 fully saturated rings. The Labute approximate surface area is 243 Å². The van der Waals surface area contributed by atoms with Gasteiger partial charge in [-0.3, -0.25) is 0 Å². The summed E-state index contributed by atoms with van der Waals surface area (Å²) in [6.45, 7) is 0. The molecule has 0 bridgehead atoms. The second-order valence-corrected chi connectivity index (χ2v) is 10.8. The predicted molar refractivity (Wildman–Crippen MR) is 152 cm³/mol. The Hall–Kier alpha value is -3.17. The summed E-state index contributed by atoms with van der Waals surface area (Å²) in [5.41, 5.74) is -0.0129. The largest absolute Gasteiger partial charge is 0.497 e. The van der Waals surface area contributed by atoms with Gasteiger partial charge in [-0.1, -0.05) is 64.4 Å². The Morgan fingerprint density at radius 3 is 1.68 bits per heavy atom. The van der Waals surface area contributed by atoms with E-state index in [0.717, 1.165) is 9.79 Å². The van der Waals surface area contributed by atoms with Gasteiger partial charge in [-0.25, -0.2) is 0 Å². The van der Waals surface area contributed by atoms with Gasteiger partial charge in [-0.15, -0.1) is 0 Å². The van der Waals surface area contributed by atoms with Crippen LogP contribution in [0.25, 0.3) is 0 Å². The van der Waals surface area contributed by atoms with Gasteiger partial charge in [0, 0.05) is 9.79 Å². The third-order valence-corrected chi connectivity index (χ3v) is 8.86. The Kier molecular flexibility index (Phi) is 9.22. The summed E-state index contributed by atoms with van der Waals surface area (Å²) in [5, 5.41) is 20.7. The second kappa shape index (κ2) is 12.6. The van der Waals surface area contributed by atoms with Gasteiger partial charge in [0.2, 0.25) is 0 Å². The highest BCUT2D eigenvalue weighted by molar-refractivity contribution is 8.02. The molecule has 0 heterocycles. The highest BCUT2D eigenvalue weighted by Gasteiger charge is 2.27. The van der Waals surface area contributed by atoms with Crippen LogP contribution in [0, 0.1) is 22.7 Å². The van der Waals surface area contributed by atoms with E-state index in [9.17, 15) is 10.5 Å². The molecule has 0 saturated heterocycles. The van der Waals surface area contributed by atoms with Crippen molar-refractivity contribution in [1.82, 2.24) is 0 Å². The van der Waals surface area contributed by atoms with Crippen LogP contribution < -0.4 is 14.2 Å². The highest BCUT2D eigenvalue weighted by Crippen LogP contribution is 2.52. The third kappa shape index (κ3) is 5.94. The molecule has 0 radical (unpaired) electrons. The van der Waals surface area contributed by atoms with E-state index in [-0.39, 0.29) is 37.7 Å². The average Bonchev–Trinajstić information content (AvgIpc) is 2.94. The lowest BCUT2D eigenvalue weighted by Gasteiger charge is -2.20. The summed E-state index contributed by atoms with van der Waals surface area (Å²) < 4.78 is 16.8. The predicted octanol–water partition coefficient (Wildman–Crippen LogP) is 9.50. The molecule has 4 rings (SSSR count). The fraction of sp³-hybridized carbons (Fsp3) is 0.0714. The zero-order valence-electron chi connectivity index (χ0n) is 19.9. The summed E-state index contributed by atoms with van der Waals surface area (Å²) in [6.07, 6.45) is 0. The van der Waals surface area contributed by atoms with E-state index in [1.54, 1.807) is 32.4 Å². The Morgan fingerprint density at radius 1 is 0.658 bits per heavy atom. The molecular formula is C28H17Cl3N2O3S2. The first-order chi connectivity index (χ1) is 18.4. The van der Waals surface area contributed by atoms with E-state index in [2.05, 4.69) is 12.1 Å². The smallest absolute Gasteiger partial charge is 0.161 e. The molecule has 4 aromatic carbocycles. The first-order valence-electron chi connectivity index (χ1n) is 10.9. The molecule has 10 heteroatoms. The standard InChI is InChI=1S/C28H17Cl3N2O3S2/c1-34-16-6-10-18(11-7-16)37-27-24(30)20(14-32)21(15-33)26(36-23-5-3-4-22(29)25(23)31)28(27)38-19-12-8-17(35-2)9-13-19/h3-13H,1-2H3. The number of hydrogen-bond acceptors (Lipinski definition) is 7. The number of methoxy groups -OCH3 is 2. The number of benzene rings is 4. The molecule has 0 N–H and O–H groups in total. The minimum absolute atomic E-state index is 0.00240. The lowest BCUT2D eigenvalue weighted by Crippen LogP contribution is -1.99. The van der Waals surface area contributed by atoms with Gasteiger partial charge < -0.3 is 14.2 Å². The minimum Gasteiger partial charge on any atom is -0.497 e. The van der Waals surface area contributed by atoms with E-state index >= 15 is 0 Å². The van der Waals surface area contributed by atoms with Crippen molar-refractivity contribution < 1.29 is 14.2 Å². The lowest BCUT2D eigenvalue weighted by atomic mass is 10.1. The van der Waals surface area contributed by atoms with Crippen molar-refractivity contribution in [3.63, 3.8) is 0 Å². The summed E-state index contributed by atoms with van der Waals surface area (Å²) >= 11 is 22.1. The Bertz CT molecular complexity index is 1570. The van der Waals surface area contributed by atoms with Gasteiger partial charge in [0.25, 0.3) is 0 Å². The van der Waals surface area contributed by atoms with Gasteiger partial charge >= 0.3 is 0 Å². The van der Waals surface area contributed by atoms with Crippen molar-refractivity contribution in [2.75, 3.05) is 14.2 Å². The Morgan fingerprint density at radius 2 is 1.18 bits per heavy atom. The van der Waals surface area contributed by atoms with Gasteiger partial charge in [0.05, 0.1) is 39.6 Å². The van der Waals surface area contributed by atoms with E-state index in [0.29, 0.717) is 21.3 Å². The zero-order valence-corrected chi connectivity index (χ0v) is 23.8. The molecule has 5 nitrogen and oxygen atoms in total. The fourth-order valence-corrected chi connectivity index (χ4v) is 6.15.